The number of carbonyl (C=O) groups excluding carboxylic acids is 1. The second kappa shape index (κ2) is 6.17. The van der Waals surface area contributed by atoms with Crippen molar-refractivity contribution < 1.29 is 4.79 Å². The van der Waals surface area contributed by atoms with E-state index in [4.69, 9.17) is 0 Å². The highest BCUT2D eigenvalue weighted by Crippen LogP contribution is 2.14. The van der Waals surface area contributed by atoms with Gasteiger partial charge in [0.1, 0.15) is 5.82 Å². The Bertz CT molecular complexity index is 438. The van der Waals surface area contributed by atoms with Crippen LogP contribution in [0.25, 0.3) is 0 Å². The Morgan fingerprint density at radius 3 is 2.70 bits per heavy atom. The van der Waals surface area contributed by atoms with E-state index in [0.29, 0.717) is 0 Å². The van der Waals surface area contributed by atoms with Crippen molar-refractivity contribution in [3.8, 4) is 0 Å². The molecule has 20 heavy (non-hydrogen) atoms. The lowest BCUT2D eigenvalue weighted by atomic mass is 10.0. The van der Waals surface area contributed by atoms with Gasteiger partial charge in [0.05, 0.1) is 12.2 Å². The molecule has 6 heteroatoms. The zero-order valence-corrected chi connectivity index (χ0v) is 11.7. The van der Waals surface area contributed by atoms with Crippen LogP contribution in [0.2, 0.25) is 0 Å². The van der Waals surface area contributed by atoms with Crippen molar-refractivity contribution in [2.24, 2.45) is 0 Å². The molecule has 1 aromatic rings. The molecule has 0 radical (unpaired) electrons. The van der Waals surface area contributed by atoms with Crippen molar-refractivity contribution in [2.75, 3.05) is 37.6 Å². The number of hydrogen-bond acceptors (Lipinski definition) is 5. The summed E-state index contributed by atoms with van der Waals surface area (Å²) in [5.74, 6) is 1.17. The number of aromatic nitrogens is 2. The van der Waals surface area contributed by atoms with Crippen molar-refractivity contribution in [1.29, 1.82) is 0 Å². The minimum absolute atomic E-state index is 0.0341. The highest BCUT2D eigenvalue weighted by atomic mass is 16.2. The van der Waals surface area contributed by atoms with Crippen LogP contribution in [0, 0.1) is 0 Å². The summed E-state index contributed by atoms with van der Waals surface area (Å²) >= 11 is 0. The molecule has 0 aliphatic carbocycles. The van der Waals surface area contributed by atoms with E-state index in [1.165, 1.54) is 6.42 Å². The lowest BCUT2D eigenvalue weighted by Crippen LogP contribution is -2.55. The number of piperidine rings is 1. The maximum Gasteiger partial charge on any atom is 0.239 e. The van der Waals surface area contributed by atoms with Crippen molar-refractivity contribution in [2.45, 2.75) is 25.3 Å². The number of rotatable bonds is 2. The van der Waals surface area contributed by atoms with Crippen LogP contribution < -0.4 is 10.2 Å². The fourth-order valence-electron chi connectivity index (χ4n) is 2.89. The number of hydrogen-bond donors (Lipinski definition) is 1. The molecule has 0 bridgehead atoms. The van der Waals surface area contributed by atoms with Gasteiger partial charge in [-0.1, -0.05) is 6.42 Å². The van der Waals surface area contributed by atoms with Gasteiger partial charge < -0.3 is 15.1 Å². The summed E-state index contributed by atoms with van der Waals surface area (Å²) in [6, 6.07) is 0.0341. The minimum Gasteiger partial charge on any atom is -0.352 e. The third kappa shape index (κ3) is 2.90. The summed E-state index contributed by atoms with van der Waals surface area (Å²) in [7, 11) is 0. The van der Waals surface area contributed by atoms with E-state index in [2.05, 4.69) is 20.2 Å². The number of nitrogens with one attached hydrogen (secondary N) is 1. The minimum atomic E-state index is 0.0341. The Morgan fingerprint density at radius 1 is 1.20 bits per heavy atom. The largest absolute Gasteiger partial charge is 0.352 e. The van der Waals surface area contributed by atoms with Gasteiger partial charge in [-0.3, -0.25) is 9.78 Å². The first-order valence-electron chi connectivity index (χ1n) is 7.38. The summed E-state index contributed by atoms with van der Waals surface area (Å²) in [4.78, 5) is 25.0. The van der Waals surface area contributed by atoms with Crippen LogP contribution in [0.4, 0.5) is 5.82 Å². The maximum atomic E-state index is 12.4. The van der Waals surface area contributed by atoms with Crippen molar-refractivity contribution in [3.63, 3.8) is 0 Å². The first-order chi connectivity index (χ1) is 9.84. The maximum absolute atomic E-state index is 12.4. The molecule has 1 N–H and O–H groups in total. The van der Waals surface area contributed by atoms with Crippen LogP contribution >= 0.6 is 0 Å². The van der Waals surface area contributed by atoms with Gasteiger partial charge in [-0.25, -0.2) is 4.98 Å². The molecule has 0 aromatic carbocycles. The Balaban J connectivity index is 1.54. The zero-order valence-electron chi connectivity index (χ0n) is 11.7. The van der Waals surface area contributed by atoms with Crippen LogP contribution in [-0.4, -0.2) is 59.5 Å². The standard InChI is InChI=1S/C14H21N5O/c20-14(12-3-1-2-4-16-12)19-9-7-18(8-10-19)13-11-15-5-6-17-13/h5-6,11-12,16H,1-4,7-10H2. The van der Waals surface area contributed by atoms with Gasteiger partial charge >= 0.3 is 0 Å². The molecule has 1 atom stereocenters. The highest BCUT2D eigenvalue weighted by molar-refractivity contribution is 5.82. The molecule has 2 aliphatic rings. The Kier molecular flexibility index (Phi) is 4.11. The molecule has 6 nitrogen and oxygen atoms in total. The average molecular weight is 275 g/mol. The van der Waals surface area contributed by atoms with E-state index in [0.717, 1.165) is 51.4 Å². The monoisotopic (exact) mass is 275 g/mol. The molecule has 1 aromatic heterocycles. The third-order valence-electron chi connectivity index (χ3n) is 4.07. The number of piperazine rings is 1. The average Bonchev–Trinajstić information content (AvgIpc) is 2.56. The number of nitrogens with zero attached hydrogens (tertiary/aromatic N) is 4. The first-order valence-corrected chi connectivity index (χ1v) is 7.38. The predicted molar refractivity (Wildman–Crippen MR) is 76.5 cm³/mol. The second-order valence-electron chi connectivity index (χ2n) is 5.38. The smallest absolute Gasteiger partial charge is 0.239 e. The van der Waals surface area contributed by atoms with E-state index >= 15 is 0 Å². The molecular weight excluding hydrogens is 254 g/mol. The van der Waals surface area contributed by atoms with E-state index < -0.39 is 0 Å². The van der Waals surface area contributed by atoms with Crippen LogP contribution in [-0.2, 0) is 4.79 Å². The molecule has 3 rings (SSSR count). The fourth-order valence-corrected chi connectivity index (χ4v) is 2.89. The van der Waals surface area contributed by atoms with E-state index in [9.17, 15) is 4.79 Å². The number of anilines is 1. The van der Waals surface area contributed by atoms with Gasteiger partial charge in [-0.15, -0.1) is 0 Å². The Labute approximate surface area is 119 Å². The van der Waals surface area contributed by atoms with E-state index in [1.54, 1.807) is 18.6 Å². The molecule has 0 saturated carbocycles. The molecule has 2 fully saturated rings. The van der Waals surface area contributed by atoms with Crippen LogP contribution in [0.15, 0.2) is 18.6 Å². The molecule has 3 heterocycles. The van der Waals surface area contributed by atoms with E-state index in [1.807, 2.05) is 4.90 Å². The lowest BCUT2D eigenvalue weighted by molar-refractivity contribution is -0.134. The van der Waals surface area contributed by atoms with Gasteiger partial charge in [0, 0.05) is 38.6 Å². The van der Waals surface area contributed by atoms with Gasteiger partial charge in [-0.2, -0.15) is 0 Å². The lowest BCUT2D eigenvalue weighted by Gasteiger charge is -2.37. The van der Waals surface area contributed by atoms with Gasteiger partial charge in [-0.05, 0) is 19.4 Å². The number of amides is 1. The van der Waals surface area contributed by atoms with Crippen molar-refractivity contribution in [3.05, 3.63) is 18.6 Å². The van der Waals surface area contributed by atoms with Crippen LogP contribution in [0.5, 0.6) is 0 Å². The van der Waals surface area contributed by atoms with Crippen LogP contribution in [0.3, 0.4) is 0 Å². The molecule has 0 spiro atoms. The van der Waals surface area contributed by atoms with Crippen molar-refractivity contribution >= 4 is 11.7 Å². The van der Waals surface area contributed by atoms with E-state index in [-0.39, 0.29) is 11.9 Å². The molecule has 2 aliphatic heterocycles. The number of carbonyl (C=O) groups is 1. The quantitative estimate of drug-likeness (QED) is 0.839. The Hall–Kier alpha value is -1.69. The molecular formula is C14H21N5O. The summed E-state index contributed by atoms with van der Waals surface area (Å²) in [6.07, 6.45) is 8.48. The topological polar surface area (TPSA) is 61.4 Å². The molecule has 1 amide bonds. The summed E-state index contributed by atoms with van der Waals surface area (Å²) in [5, 5.41) is 3.33. The summed E-state index contributed by atoms with van der Waals surface area (Å²) < 4.78 is 0. The summed E-state index contributed by atoms with van der Waals surface area (Å²) in [5.41, 5.74) is 0. The van der Waals surface area contributed by atoms with Gasteiger partial charge in [0.25, 0.3) is 0 Å². The van der Waals surface area contributed by atoms with Gasteiger partial charge in [0.15, 0.2) is 0 Å². The first kappa shape index (κ1) is 13.3. The van der Waals surface area contributed by atoms with Crippen LogP contribution in [0.1, 0.15) is 19.3 Å². The second-order valence-corrected chi connectivity index (χ2v) is 5.38. The highest BCUT2D eigenvalue weighted by Gasteiger charge is 2.28. The van der Waals surface area contributed by atoms with Gasteiger partial charge in [0.2, 0.25) is 5.91 Å². The third-order valence-corrected chi connectivity index (χ3v) is 4.07. The summed E-state index contributed by atoms with van der Waals surface area (Å²) in [6.45, 7) is 4.17. The SMILES string of the molecule is O=C(C1CCCCN1)N1CCN(c2cnccn2)CC1. The predicted octanol–water partition coefficient (Wildman–Crippen LogP) is 0.267. The molecule has 108 valence electrons. The Morgan fingerprint density at radius 2 is 2.05 bits per heavy atom. The molecule has 2 saturated heterocycles. The molecule has 1 unspecified atom stereocenters. The normalized spacial score (nSPS) is 23.7. The fraction of sp³-hybridized carbons (Fsp3) is 0.643. The zero-order chi connectivity index (χ0) is 13.8. The van der Waals surface area contributed by atoms with Crippen molar-refractivity contribution in [1.82, 2.24) is 20.2 Å².